The lowest BCUT2D eigenvalue weighted by Gasteiger charge is -2.26. The van der Waals surface area contributed by atoms with Crippen LogP contribution in [0.4, 0.5) is 0 Å². The average Bonchev–Trinajstić information content (AvgIpc) is 2.53. The van der Waals surface area contributed by atoms with Gasteiger partial charge in [-0.2, -0.15) is 0 Å². The zero-order valence-corrected chi connectivity index (χ0v) is 12.9. The summed E-state index contributed by atoms with van der Waals surface area (Å²) in [6, 6.07) is 14.9. The minimum Gasteiger partial charge on any atom is -0.508 e. The Bertz CT molecular complexity index is 587. The first-order valence-corrected chi connectivity index (χ1v) is 7.25. The Kier molecular flexibility index (Phi) is 5.06. The van der Waals surface area contributed by atoms with Gasteiger partial charge in [0.1, 0.15) is 24.2 Å². The molecule has 1 atom stereocenters. The lowest BCUT2D eigenvalue weighted by atomic mass is 9.78. The Balaban J connectivity index is 2.13. The van der Waals surface area contributed by atoms with Gasteiger partial charge >= 0.3 is 0 Å². The molecule has 3 N–H and O–H groups in total. The molecule has 4 heteroatoms. The van der Waals surface area contributed by atoms with Crippen LogP contribution in [0.3, 0.4) is 0 Å². The third-order valence-corrected chi connectivity index (χ3v) is 3.82. The first-order chi connectivity index (χ1) is 10.4. The number of benzene rings is 2. The van der Waals surface area contributed by atoms with Gasteiger partial charge in [-0.15, -0.1) is 0 Å². The van der Waals surface area contributed by atoms with Crippen LogP contribution in [-0.2, 0) is 5.41 Å². The van der Waals surface area contributed by atoms with Crippen molar-refractivity contribution in [2.24, 2.45) is 0 Å². The SMILES string of the molecule is CC(C)(c1ccc(O)cc1)c1ccc(OCC(O)CO)cc1. The zero-order valence-electron chi connectivity index (χ0n) is 12.9. The quantitative estimate of drug-likeness (QED) is 0.766. The van der Waals surface area contributed by atoms with Crippen molar-refractivity contribution in [2.45, 2.75) is 25.4 Å². The van der Waals surface area contributed by atoms with Crippen molar-refractivity contribution in [1.29, 1.82) is 0 Å². The minimum atomic E-state index is -0.867. The molecule has 1 unspecified atom stereocenters. The number of hydrogen-bond donors (Lipinski definition) is 3. The summed E-state index contributed by atoms with van der Waals surface area (Å²) in [6.07, 6.45) is -0.867. The van der Waals surface area contributed by atoms with Gasteiger partial charge in [0.2, 0.25) is 0 Å². The molecule has 0 fully saturated rings. The van der Waals surface area contributed by atoms with Crippen LogP contribution in [0.15, 0.2) is 48.5 Å². The van der Waals surface area contributed by atoms with Crippen LogP contribution >= 0.6 is 0 Å². The van der Waals surface area contributed by atoms with E-state index in [0.717, 1.165) is 11.1 Å². The molecule has 0 spiro atoms. The Labute approximate surface area is 130 Å². The molecule has 0 amide bonds. The summed E-state index contributed by atoms with van der Waals surface area (Å²) in [5.41, 5.74) is 2.03. The predicted octanol–water partition coefficient (Wildman–Crippen LogP) is 2.45. The van der Waals surface area contributed by atoms with Crippen molar-refractivity contribution in [3.63, 3.8) is 0 Å². The molecule has 0 radical (unpaired) electrons. The van der Waals surface area contributed by atoms with Crippen LogP contribution in [0.25, 0.3) is 0 Å². The van der Waals surface area contributed by atoms with Crippen LogP contribution in [0.1, 0.15) is 25.0 Å². The van der Waals surface area contributed by atoms with E-state index in [-0.39, 0.29) is 24.4 Å². The molecule has 0 aliphatic heterocycles. The molecule has 4 nitrogen and oxygen atoms in total. The predicted molar refractivity (Wildman–Crippen MR) is 85.3 cm³/mol. The van der Waals surface area contributed by atoms with E-state index >= 15 is 0 Å². The number of aliphatic hydroxyl groups excluding tert-OH is 2. The Hall–Kier alpha value is -2.04. The number of hydrogen-bond acceptors (Lipinski definition) is 4. The summed E-state index contributed by atoms with van der Waals surface area (Å²) >= 11 is 0. The van der Waals surface area contributed by atoms with Gasteiger partial charge in [-0.25, -0.2) is 0 Å². The normalized spacial score (nSPS) is 12.9. The van der Waals surface area contributed by atoms with Gasteiger partial charge in [-0.3, -0.25) is 0 Å². The summed E-state index contributed by atoms with van der Waals surface area (Å²) in [5.74, 6) is 0.906. The second-order valence-corrected chi connectivity index (χ2v) is 5.84. The van der Waals surface area contributed by atoms with Crippen molar-refractivity contribution in [3.05, 3.63) is 59.7 Å². The van der Waals surface area contributed by atoms with E-state index in [1.165, 1.54) is 0 Å². The highest BCUT2D eigenvalue weighted by atomic mass is 16.5. The van der Waals surface area contributed by atoms with Gasteiger partial charge in [0, 0.05) is 5.41 Å². The van der Waals surface area contributed by atoms with E-state index in [2.05, 4.69) is 13.8 Å². The summed E-state index contributed by atoms with van der Waals surface area (Å²) in [7, 11) is 0. The maximum Gasteiger partial charge on any atom is 0.119 e. The number of aromatic hydroxyl groups is 1. The molecule has 0 aromatic heterocycles. The molecule has 0 aliphatic carbocycles. The van der Waals surface area contributed by atoms with Gasteiger partial charge in [-0.1, -0.05) is 38.1 Å². The van der Waals surface area contributed by atoms with Crippen LogP contribution in [-0.4, -0.2) is 34.6 Å². The lowest BCUT2D eigenvalue weighted by Crippen LogP contribution is -2.21. The fourth-order valence-corrected chi connectivity index (χ4v) is 2.26. The van der Waals surface area contributed by atoms with E-state index in [1.54, 1.807) is 12.1 Å². The summed E-state index contributed by atoms with van der Waals surface area (Å²) < 4.78 is 5.40. The van der Waals surface area contributed by atoms with Gasteiger partial charge in [0.15, 0.2) is 0 Å². The van der Waals surface area contributed by atoms with Crippen molar-refractivity contribution in [3.8, 4) is 11.5 Å². The van der Waals surface area contributed by atoms with Crippen LogP contribution in [0.2, 0.25) is 0 Å². The lowest BCUT2D eigenvalue weighted by molar-refractivity contribution is 0.0536. The Morgan fingerprint density at radius 3 is 1.95 bits per heavy atom. The third kappa shape index (κ3) is 3.78. The number of ether oxygens (including phenoxy) is 1. The standard InChI is InChI=1S/C18H22O4/c1-18(2,13-3-7-15(20)8-4-13)14-5-9-17(10-6-14)22-12-16(21)11-19/h3-10,16,19-21H,11-12H2,1-2H3. The Morgan fingerprint density at radius 1 is 0.955 bits per heavy atom. The second-order valence-electron chi connectivity index (χ2n) is 5.84. The molecule has 0 saturated carbocycles. The summed E-state index contributed by atoms with van der Waals surface area (Å²) in [4.78, 5) is 0. The van der Waals surface area contributed by atoms with Crippen molar-refractivity contribution < 1.29 is 20.1 Å². The largest absolute Gasteiger partial charge is 0.508 e. The molecule has 0 saturated heterocycles. The van der Waals surface area contributed by atoms with Gasteiger partial charge < -0.3 is 20.1 Å². The first kappa shape index (κ1) is 16.3. The second kappa shape index (κ2) is 6.81. The van der Waals surface area contributed by atoms with E-state index in [9.17, 15) is 10.2 Å². The molecule has 2 aromatic rings. The number of phenols is 1. The molecule has 22 heavy (non-hydrogen) atoms. The number of phenolic OH excluding ortho intramolecular Hbond substituents is 1. The molecule has 0 heterocycles. The zero-order chi connectivity index (χ0) is 16.2. The van der Waals surface area contributed by atoms with Crippen molar-refractivity contribution >= 4 is 0 Å². The topological polar surface area (TPSA) is 69.9 Å². The van der Waals surface area contributed by atoms with Crippen LogP contribution in [0.5, 0.6) is 11.5 Å². The smallest absolute Gasteiger partial charge is 0.119 e. The minimum absolute atomic E-state index is 0.0667. The van der Waals surface area contributed by atoms with E-state index in [4.69, 9.17) is 9.84 Å². The molecule has 118 valence electrons. The van der Waals surface area contributed by atoms with Crippen molar-refractivity contribution in [2.75, 3.05) is 13.2 Å². The molecule has 2 rings (SSSR count). The number of rotatable bonds is 6. The maximum absolute atomic E-state index is 9.40. The third-order valence-electron chi connectivity index (χ3n) is 3.82. The molecule has 0 aliphatic rings. The summed E-state index contributed by atoms with van der Waals surface area (Å²) in [5, 5.41) is 27.4. The highest BCUT2D eigenvalue weighted by molar-refractivity contribution is 5.41. The van der Waals surface area contributed by atoms with Gasteiger partial charge in [0.25, 0.3) is 0 Å². The average molecular weight is 302 g/mol. The maximum atomic E-state index is 9.40. The van der Waals surface area contributed by atoms with E-state index in [1.807, 2.05) is 36.4 Å². The van der Waals surface area contributed by atoms with Gasteiger partial charge in [-0.05, 0) is 35.4 Å². The fourth-order valence-electron chi connectivity index (χ4n) is 2.26. The monoisotopic (exact) mass is 302 g/mol. The van der Waals surface area contributed by atoms with Crippen molar-refractivity contribution in [1.82, 2.24) is 0 Å². The molecular formula is C18H22O4. The first-order valence-electron chi connectivity index (χ1n) is 7.25. The van der Waals surface area contributed by atoms with E-state index in [0.29, 0.717) is 5.75 Å². The van der Waals surface area contributed by atoms with E-state index < -0.39 is 6.10 Å². The molecule has 0 bridgehead atoms. The Morgan fingerprint density at radius 2 is 1.45 bits per heavy atom. The van der Waals surface area contributed by atoms with Gasteiger partial charge in [0.05, 0.1) is 6.61 Å². The highest BCUT2D eigenvalue weighted by Gasteiger charge is 2.23. The number of aliphatic hydroxyl groups is 2. The molecular weight excluding hydrogens is 280 g/mol. The van der Waals surface area contributed by atoms with Crippen LogP contribution in [0, 0.1) is 0 Å². The highest BCUT2D eigenvalue weighted by Crippen LogP contribution is 2.33. The van der Waals surface area contributed by atoms with Crippen LogP contribution < -0.4 is 4.74 Å². The molecule has 2 aromatic carbocycles. The fraction of sp³-hybridized carbons (Fsp3) is 0.333. The summed E-state index contributed by atoms with van der Waals surface area (Å²) in [6.45, 7) is 3.98.